The van der Waals surface area contributed by atoms with Gasteiger partial charge in [-0.15, -0.1) is 11.3 Å². The maximum absolute atomic E-state index is 13.2. The fourth-order valence-electron chi connectivity index (χ4n) is 5.63. The maximum Gasteiger partial charge on any atom is 0.411 e. The normalized spacial score (nSPS) is 32.6. The number of thiazole rings is 1. The Morgan fingerprint density at radius 1 is 1.26 bits per heavy atom. The van der Waals surface area contributed by atoms with Crippen LogP contribution in [-0.4, -0.2) is 29.9 Å². The van der Waals surface area contributed by atoms with E-state index in [0.717, 1.165) is 36.3 Å². The summed E-state index contributed by atoms with van der Waals surface area (Å²) < 4.78 is 43.3. The van der Waals surface area contributed by atoms with E-state index in [1.807, 2.05) is 18.4 Å². The predicted octanol–water partition coefficient (Wildman–Crippen LogP) is 4.00. The highest BCUT2D eigenvalue weighted by Crippen LogP contribution is 2.65. The van der Waals surface area contributed by atoms with E-state index in [1.54, 1.807) is 0 Å². The highest BCUT2D eigenvalue weighted by atomic mass is 32.1. The minimum atomic E-state index is -4.33. The van der Waals surface area contributed by atoms with Crippen molar-refractivity contribution in [3.8, 4) is 0 Å². The molecule has 4 fully saturated rings. The first-order valence-corrected chi connectivity index (χ1v) is 10.4. The largest absolute Gasteiger partial charge is 0.411 e. The molecule has 1 aromatic heterocycles. The molecule has 27 heavy (non-hydrogen) atoms. The quantitative estimate of drug-likeness (QED) is 0.699. The molecule has 8 heteroatoms. The Balaban J connectivity index is 1.53. The molecule has 1 heterocycles. The second kappa shape index (κ2) is 6.72. The van der Waals surface area contributed by atoms with Crippen LogP contribution >= 0.6 is 11.3 Å². The number of hydrogen-bond acceptors (Lipinski definition) is 3. The Morgan fingerprint density at radius 3 is 2.56 bits per heavy atom. The Labute approximate surface area is 160 Å². The number of nitrogens with zero attached hydrogens (tertiary/aromatic N) is 2. The number of ether oxygens (including phenoxy) is 1. The first-order chi connectivity index (χ1) is 12.7. The van der Waals surface area contributed by atoms with Crippen LogP contribution < -0.4 is 4.80 Å². The van der Waals surface area contributed by atoms with E-state index in [9.17, 15) is 18.0 Å². The first kappa shape index (κ1) is 19.2. The van der Waals surface area contributed by atoms with Gasteiger partial charge in [-0.25, -0.2) is 0 Å². The van der Waals surface area contributed by atoms with Crippen LogP contribution in [0.5, 0.6) is 0 Å². The van der Waals surface area contributed by atoms with Gasteiger partial charge in [0.25, 0.3) is 5.91 Å². The van der Waals surface area contributed by atoms with Crippen molar-refractivity contribution in [2.75, 3.05) is 13.2 Å². The number of rotatable bonds is 5. The molecule has 0 aromatic carbocycles. The summed E-state index contributed by atoms with van der Waals surface area (Å²) in [5.74, 6) is 1.82. The molecule has 4 aliphatic rings. The van der Waals surface area contributed by atoms with E-state index in [2.05, 4.69) is 4.99 Å². The molecular weight excluding hydrogens is 377 g/mol. The van der Waals surface area contributed by atoms with E-state index in [0.29, 0.717) is 22.6 Å². The average molecular weight is 402 g/mol. The third kappa shape index (κ3) is 3.50. The summed E-state index contributed by atoms with van der Waals surface area (Å²) in [6, 6.07) is 0. The van der Waals surface area contributed by atoms with Crippen molar-refractivity contribution in [3.63, 3.8) is 0 Å². The lowest BCUT2D eigenvalue weighted by Crippen LogP contribution is -2.33. The SMILES string of the molecule is Cc1sc(=NC(=O)C23CC4CC(CC2C4)C3)n(CCOCC(F)(F)F)c1C. The van der Waals surface area contributed by atoms with Crippen molar-refractivity contribution in [3.05, 3.63) is 15.4 Å². The van der Waals surface area contributed by atoms with Crippen molar-refractivity contribution < 1.29 is 22.7 Å². The number of carbonyl (C=O) groups excluding carboxylic acids is 1. The molecule has 0 N–H and O–H groups in total. The molecule has 150 valence electrons. The van der Waals surface area contributed by atoms with Gasteiger partial charge in [-0.2, -0.15) is 18.2 Å². The number of amides is 1. The van der Waals surface area contributed by atoms with Gasteiger partial charge in [0.1, 0.15) is 6.61 Å². The number of halogens is 3. The van der Waals surface area contributed by atoms with Gasteiger partial charge in [-0.1, -0.05) is 0 Å². The fraction of sp³-hybridized carbons (Fsp3) is 0.789. The molecular formula is C19H25F3N2O2S. The standard InChI is InChI=1S/C19H25F3N2O2S/c1-11-12(2)27-17(24(11)3-4-26-10-19(20,21)22)23-16(25)18-8-13-5-14(9-18)7-15(18)6-13/h13-15H,3-10H2,1-2H3. The van der Waals surface area contributed by atoms with Crippen molar-refractivity contribution >= 4 is 17.2 Å². The van der Waals surface area contributed by atoms with Crippen LogP contribution in [0.15, 0.2) is 4.99 Å². The van der Waals surface area contributed by atoms with Crippen LogP contribution in [-0.2, 0) is 16.1 Å². The molecule has 0 spiro atoms. The number of aromatic nitrogens is 1. The molecule has 4 saturated carbocycles. The van der Waals surface area contributed by atoms with E-state index in [1.165, 1.54) is 17.8 Å². The smallest absolute Gasteiger partial charge is 0.370 e. The topological polar surface area (TPSA) is 43.6 Å². The lowest BCUT2D eigenvalue weighted by atomic mass is 9.75. The first-order valence-electron chi connectivity index (χ1n) is 9.58. The van der Waals surface area contributed by atoms with Gasteiger partial charge < -0.3 is 9.30 Å². The zero-order chi connectivity index (χ0) is 19.4. The molecule has 1 amide bonds. The van der Waals surface area contributed by atoms with E-state index < -0.39 is 12.8 Å². The predicted molar refractivity (Wildman–Crippen MR) is 95.2 cm³/mol. The molecule has 2 unspecified atom stereocenters. The van der Waals surface area contributed by atoms with Gasteiger partial charge in [0.15, 0.2) is 4.80 Å². The monoisotopic (exact) mass is 402 g/mol. The minimum absolute atomic E-state index is 0.0107. The third-order valence-electron chi connectivity index (χ3n) is 6.73. The number of aryl methyl sites for hydroxylation is 1. The second-order valence-electron chi connectivity index (χ2n) is 8.46. The van der Waals surface area contributed by atoms with Crippen LogP contribution in [0.1, 0.15) is 42.7 Å². The highest BCUT2D eigenvalue weighted by Gasteiger charge is 2.61. The molecule has 0 radical (unpaired) electrons. The fourth-order valence-corrected chi connectivity index (χ4v) is 6.63. The zero-order valence-electron chi connectivity index (χ0n) is 15.6. The Bertz CT molecular complexity index is 797. The Hall–Kier alpha value is -1.15. The summed E-state index contributed by atoms with van der Waals surface area (Å²) >= 11 is 1.43. The van der Waals surface area contributed by atoms with Crippen LogP contribution in [0, 0.1) is 37.0 Å². The number of carbonyl (C=O) groups is 1. The van der Waals surface area contributed by atoms with Gasteiger partial charge in [0, 0.05) is 17.1 Å². The number of hydrogen-bond donors (Lipinski definition) is 0. The van der Waals surface area contributed by atoms with Crippen LogP contribution in [0.4, 0.5) is 13.2 Å². The van der Waals surface area contributed by atoms with Crippen molar-refractivity contribution in [2.45, 2.75) is 58.7 Å². The van der Waals surface area contributed by atoms with Gasteiger partial charge >= 0.3 is 6.18 Å². The summed E-state index contributed by atoms with van der Waals surface area (Å²) in [5, 5.41) is 0. The molecule has 5 rings (SSSR count). The molecule has 2 atom stereocenters. The summed E-state index contributed by atoms with van der Waals surface area (Å²) in [4.78, 5) is 19.3. The zero-order valence-corrected chi connectivity index (χ0v) is 16.5. The van der Waals surface area contributed by atoms with Crippen molar-refractivity contribution in [2.24, 2.45) is 28.2 Å². The minimum Gasteiger partial charge on any atom is -0.370 e. The third-order valence-corrected chi connectivity index (χ3v) is 7.82. The summed E-state index contributed by atoms with van der Waals surface area (Å²) in [6.07, 6.45) is 1.19. The molecule has 0 aliphatic heterocycles. The highest BCUT2D eigenvalue weighted by molar-refractivity contribution is 7.09. The molecule has 4 aliphatic carbocycles. The van der Waals surface area contributed by atoms with Crippen LogP contribution in [0.25, 0.3) is 0 Å². The summed E-state index contributed by atoms with van der Waals surface area (Å²) in [6.45, 7) is 2.79. The van der Waals surface area contributed by atoms with Crippen LogP contribution in [0.3, 0.4) is 0 Å². The van der Waals surface area contributed by atoms with Gasteiger partial charge in [0.05, 0.1) is 12.0 Å². The van der Waals surface area contributed by atoms with E-state index in [4.69, 9.17) is 4.74 Å². The van der Waals surface area contributed by atoms with E-state index in [-0.39, 0.29) is 24.5 Å². The van der Waals surface area contributed by atoms with E-state index >= 15 is 0 Å². The van der Waals surface area contributed by atoms with Gasteiger partial charge in [0.2, 0.25) is 0 Å². The number of alkyl halides is 3. The summed E-state index contributed by atoms with van der Waals surface area (Å²) in [7, 11) is 0. The lowest BCUT2D eigenvalue weighted by molar-refractivity contribution is -0.174. The average Bonchev–Trinajstić information content (AvgIpc) is 3.08. The maximum atomic E-state index is 13.2. The van der Waals surface area contributed by atoms with Gasteiger partial charge in [-0.05, 0) is 63.7 Å². The molecule has 1 aromatic rings. The second-order valence-corrected chi connectivity index (χ2v) is 9.64. The lowest BCUT2D eigenvalue weighted by Gasteiger charge is -2.29. The Kier molecular flexibility index (Phi) is 4.78. The van der Waals surface area contributed by atoms with Crippen molar-refractivity contribution in [1.29, 1.82) is 0 Å². The summed E-state index contributed by atoms with van der Waals surface area (Å²) in [5.41, 5.74) is 0.654. The Morgan fingerprint density at radius 2 is 1.93 bits per heavy atom. The van der Waals surface area contributed by atoms with Crippen molar-refractivity contribution in [1.82, 2.24) is 4.57 Å². The molecule has 4 bridgehead atoms. The molecule has 4 nitrogen and oxygen atoms in total. The molecule has 0 saturated heterocycles. The van der Waals surface area contributed by atoms with Crippen LogP contribution in [0.2, 0.25) is 0 Å². The van der Waals surface area contributed by atoms with Gasteiger partial charge in [-0.3, -0.25) is 4.79 Å².